The molecule has 0 saturated heterocycles. The maximum atomic E-state index is 10.8. The fourth-order valence-corrected chi connectivity index (χ4v) is 2.30. The van der Waals surface area contributed by atoms with Crippen LogP contribution in [0.3, 0.4) is 0 Å². The molecule has 1 unspecified atom stereocenters. The first-order chi connectivity index (χ1) is 9.02. The van der Waals surface area contributed by atoms with Crippen molar-refractivity contribution in [1.29, 1.82) is 0 Å². The van der Waals surface area contributed by atoms with Crippen LogP contribution in [0.2, 0.25) is 0 Å². The molecule has 5 nitrogen and oxygen atoms in total. The fourth-order valence-electron chi connectivity index (χ4n) is 2.30. The quantitative estimate of drug-likeness (QED) is 0.852. The monoisotopic (exact) mass is 264 g/mol. The highest BCUT2D eigenvalue weighted by molar-refractivity contribution is 5.70. The molecule has 0 amide bonds. The maximum absolute atomic E-state index is 10.8. The number of aryl methyl sites for hydroxylation is 2. The number of hydrogen-bond donors (Lipinski definition) is 1. The zero-order valence-corrected chi connectivity index (χ0v) is 11.6. The number of carboxylic acid groups (broad SMARTS) is 1. The highest BCUT2D eigenvalue weighted by Gasteiger charge is 2.35. The summed E-state index contributed by atoms with van der Waals surface area (Å²) in [4.78, 5) is 19.8. The Kier molecular flexibility index (Phi) is 4.14. The molecule has 1 aliphatic carbocycles. The summed E-state index contributed by atoms with van der Waals surface area (Å²) in [5.41, 5.74) is 2.20. The van der Waals surface area contributed by atoms with Gasteiger partial charge in [-0.2, -0.15) is 0 Å². The van der Waals surface area contributed by atoms with Crippen molar-refractivity contribution in [3.63, 3.8) is 0 Å². The zero-order chi connectivity index (χ0) is 14.0. The van der Waals surface area contributed by atoms with Gasteiger partial charge in [0.15, 0.2) is 5.82 Å². The number of aromatic nitrogens is 2. The Morgan fingerprint density at radius 3 is 2.37 bits per heavy atom. The van der Waals surface area contributed by atoms with E-state index in [0.29, 0.717) is 23.9 Å². The SMILES string of the molecule is CCOC(c1nc(C)c(CC(=O)O)c(C)n1)C1CC1. The Morgan fingerprint density at radius 2 is 1.95 bits per heavy atom. The number of aliphatic carboxylic acids is 1. The number of carbonyl (C=O) groups is 1. The van der Waals surface area contributed by atoms with Crippen molar-refractivity contribution in [1.82, 2.24) is 9.97 Å². The molecule has 104 valence electrons. The van der Waals surface area contributed by atoms with Gasteiger partial charge < -0.3 is 9.84 Å². The van der Waals surface area contributed by atoms with E-state index in [0.717, 1.165) is 24.2 Å². The van der Waals surface area contributed by atoms with Gasteiger partial charge in [-0.05, 0) is 39.5 Å². The molecule has 2 rings (SSSR count). The lowest BCUT2D eigenvalue weighted by molar-refractivity contribution is -0.136. The van der Waals surface area contributed by atoms with E-state index < -0.39 is 5.97 Å². The molecule has 1 atom stereocenters. The van der Waals surface area contributed by atoms with Crippen molar-refractivity contribution in [2.45, 2.75) is 46.1 Å². The minimum Gasteiger partial charge on any atom is -0.481 e. The van der Waals surface area contributed by atoms with Crippen molar-refractivity contribution < 1.29 is 14.6 Å². The van der Waals surface area contributed by atoms with Gasteiger partial charge in [0.25, 0.3) is 0 Å². The van der Waals surface area contributed by atoms with Crippen LogP contribution in [0.25, 0.3) is 0 Å². The van der Waals surface area contributed by atoms with Gasteiger partial charge in [0, 0.05) is 23.6 Å². The van der Waals surface area contributed by atoms with Gasteiger partial charge in [0.05, 0.1) is 6.42 Å². The molecule has 1 heterocycles. The lowest BCUT2D eigenvalue weighted by Gasteiger charge is -2.17. The zero-order valence-electron chi connectivity index (χ0n) is 11.6. The van der Waals surface area contributed by atoms with Crippen molar-refractivity contribution in [3.8, 4) is 0 Å². The number of hydrogen-bond acceptors (Lipinski definition) is 4. The molecule has 0 spiro atoms. The summed E-state index contributed by atoms with van der Waals surface area (Å²) in [6, 6.07) is 0. The lowest BCUT2D eigenvalue weighted by Crippen LogP contribution is -2.15. The van der Waals surface area contributed by atoms with Crippen LogP contribution in [0.15, 0.2) is 0 Å². The lowest BCUT2D eigenvalue weighted by atomic mass is 10.1. The van der Waals surface area contributed by atoms with Crippen molar-refractivity contribution in [2.75, 3.05) is 6.61 Å². The van der Waals surface area contributed by atoms with Crippen LogP contribution in [-0.2, 0) is 16.0 Å². The predicted molar refractivity (Wildman–Crippen MR) is 69.9 cm³/mol. The Hall–Kier alpha value is -1.49. The maximum Gasteiger partial charge on any atom is 0.307 e. The van der Waals surface area contributed by atoms with Gasteiger partial charge in [0.1, 0.15) is 6.10 Å². The summed E-state index contributed by atoms with van der Waals surface area (Å²) in [7, 11) is 0. The smallest absolute Gasteiger partial charge is 0.307 e. The number of ether oxygens (including phenoxy) is 1. The van der Waals surface area contributed by atoms with Crippen LogP contribution in [0.1, 0.15) is 48.6 Å². The van der Waals surface area contributed by atoms with Crippen molar-refractivity contribution in [3.05, 3.63) is 22.8 Å². The molecule has 5 heteroatoms. The molecule has 1 N–H and O–H groups in total. The first kappa shape index (κ1) is 13.9. The molecule has 0 radical (unpaired) electrons. The van der Waals surface area contributed by atoms with E-state index in [-0.39, 0.29) is 12.5 Å². The average molecular weight is 264 g/mol. The fraction of sp³-hybridized carbons (Fsp3) is 0.643. The standard InChI is InChI=1S/C14H20N2O3/c1-4-19-13(10-5-6-10)14-15-8(2)11(7-12(17)18)9(3)16-14/h10,13H,4-7H2,1-3H3,(H,17,18). The number of rotatable bonds is 6. The van der Waals surface area contributed by atoms with Crippen LogP contribution < -0.4 is 0 Å². The van der Waals surface area contributed by atoms with Crippen molar-refractivity contribution in [2.24, 2.45) is 5.92 Å². The summed E-state index contributed by atoms with van der Waals surface area (Å²) in [5, 5.41) is 8.90. The van der Waals surface area contributed by atoms with Crippen LogP contribution in [0.4, 0.5) is 0 Å². The van der Waals surface area contributed by atoms with Gasteiger partial charge >= 0.3 is 5.97 Å². The van der Waals surface area contributed by atoms with E-state index in [1.165, 1.54) is 0 Å². The molecule has 0 bridgehead atoms. The Morgan fingerprint density at radius 1 is 1.37 bits per heavy atom. The predicted octanol–water partition coefficient (Wildman–Crippen LogP) is 2.21. The molecule has 0 aromatic carbocycles. The van der Waals surface area contributed by atoms with Gasteiger partial charge in [-0.15, -0.1) is 0 Å². The highest BCUT2D eigenvalue weighted by atomic mass is 16.5. The Bertz CT molecular complexity index is 461. The second-order valence-corrected chi connectivity index (χ2v) is 5.02. The van der Waals surface area contributed by atoms with E-state index in [1.54, 1.807) is 0 Å². The minimum absolute atomic E-state index is 0.0271. The largest absolute Gasteiger partial charge is 0.481 e. The Labute approximate surface area is 113 Å². The molecule has 1 aliphatic rings. The average Bonchev–Trinajstić information content (AvgIpc) is 3.14. The number of carboxylic acids is 1. The van der Waals surface area contributed by atoms with Crippen LogP contribution in [0, 0.1) is 19.8 Å². The molecular formula is C14H20N2O3. The normalized spacial score (nSPS) is 16.4. The van der Waals surface area contributed by atoms with Gasteiger partial charge in [-0.1, -0.05) is 0 Å². The number of nitrogens with zero attached hydrogens (tertiary/aromatic N) is 2. The summed E-state index contributed by atoms with van der Waals surface area (Å²) in [6.07, 6.45) is 2.24. The van der Waals surface area contributed by atoms with Crippen molar-refractivity contribution >= 4 is 5.97 Å². The van der Waals surface area contributed by atoms with Crippen LogP contribution in [-0.4, -0.2) is 27.7 Å². The molecule has 1 aromatic rings. The highest BCUT2D eigenvalue weighted by Crippen LogP contribution is 2.42. The van der Waals surface area contributed by atoms with Gasteiger partial charge in [0.2, 0.25) is 0 Å². The molecule has 1 aromatic heterocycles. The van der Waals surface area contributed by atoms with E-state index in [2.05, 4.69) is 9.97 Å². The summed E-state index contributed by atoms with van der Waals surface area (Å²) < 4.78 is 5.74. The molecule has 19 heavy (non-hydrogen) atoms. The first-order valence-corrected chi connectivity index (χ1v) is 6.70. The molecule has 0 aliphatic heterocycles. The van der Waals surface area contributed by atoms with E-state index in [1.807, 2.05) is 20.8 Å². The van der Waals surface area contributed by atoms with E-state index in [4.69, 9.17) is 9.84 Å². The van der Waals surface area contributed by atoms with E-state index >= 15 is 0 Å². The molecule has 1 fully saturated rings. The summed E-state index contributed by atoms with van der Waals surface area (Å²) in [6.45, 7) is 6.28. The Balaban J connectivity index is 2.29. The summed E-state index contributed by atoms with van der Waals surface area (Å²) in [5.74, 6) is 0.365. The topological polar surface area (TPSA) is 72.3 Å². The van der Waals surface area contributed by atoms with Gasteiger partial charge in [-0.3, -0.25) is 4.79 Å². The van der Waals surface area contributed by atoms with Crippen LogP contribution in [0.5, 0.6) is 0 Å². The first-order valence-electron chi connectivity index (χ1n) is 6.70. The second kappa shape index (κ2) is 5.65. The summed E-state index contributed by atoms with van der Waals surface area (Å²) >= 11 is 0. The van der Waals surface area contributed by atoms with Crippen LogP contribution >= 0.6 is 0 Å². The third-order valence-corrected chi connectivity index (χ3v) is 3.42. The second-order valence-electron chi connectivity index (χ2n) is 5.02. The molecular weight excluding hydrogens is 244 g/mol. The van der Waals surface area contributed by atoms with E-state index in [9.17, 15) is 4.79 Å². The third kappa shape index (κ3) is 3.29. The minimum atomic E-state index is -0.855. The van der Waals surface area contributed by atoms with Gasteiger partial charge in [-0.25, -0.2) is 9.97 Å². The molecule has 1 saturated carbocycles. The third-order valence-electron chi connectivity index (χ3n) is 3.42.